The molecule has 20 heavy (non-hydrogen) atoms. The summed E-state index contributed by atoms with van der Waals surface area (Å²) in [7, 11) is 3.36. The fourth-order valence-corrected chi connectivity index (χ4v) is 2.20. The van der Waals surface area contributed by atoms with Crippen molar-refractivity contribution >= 4 is 36.3 Å². The summed E-state index contributed by atoms with van der Waals surface area (Å²) in [5.74, 6) is 1.24. The van der Waals surface area contributed by atoms with Crippen LogP contribution in [0.2, 0.25) is 0 Å². The molecule has 0 aliphatic carbocycles. The van der Waals surface area contributed by atoms with E-state index in [1.165, 1.54) is 0 Å². The van der Waals surface area contributed by atoms with Gasteiger partial charge >= 0.3 is 0 Å². The standard InChI is InChI=1S/C12H20N4O2.2ClH/c1-17-8-9-7-16(4-3-14-9)10-6-15-12(13)5-11(10)18-2;;/h5-6,9,14H,3-4,7-8H2,1-2H3,(H2,13,15);2*1H/t9-;;/m1../s1. The number of nitrogen functional groups attached to an aromatic ring is 1. The third-order valence-corrected chi connectivity index (χ3v) is 3.05. The number of halogens is 2. The van der Waals surface area contributed by atoms with Crippen LogP contribution in [0.5, 0.6) is 5.75 Å². The molecule has 0 saturated carbocycles. The first kappa shape index (κ1) is 19.1. The third-order valence-electron chi connectivity index (χ3n) is 3.05. The fourth-order valence-electron chi connectivity index (χ4n) is 2.20. The molecule has 3 N–H and O–H groups in total. The molecule has 1 fully saturated rings. The van der Waals surface area contributed by atoms with E-state index in [2.05, 4.69) is 15.2 Å². The number of methoxy groups -OCH3 is 2. The van der Waals surface area contributed by atoms with Gasteiger partial charge in [0.25, 0.3) is 0 Å². The highest BCUT2D eigenvalue weighted by atomic mass is 35.5. The Morgan fingerprint density at radius 1 is 1.45 bits per heavy atom. The second-order valence-electron chi connectivity index (χ2n) is 4.33. The molecule has 1 aliphatic heterocycles. The number of nitrogens with zero attached hydrogens (tertiary/aromatic N) is 2. The molecular weight excluding hydrogens is 303 g/mol. The summed E-state index contributed by atoms with van der Waals surface area (Å²) < 4.78 is 10.5. The van der Waals surface area contributed by atoms with E-state index in [1.54, 1.807) is 26.5 Å². The molecule has 0 radical (unpaired) electrons. The van der Waals surface area contributed by atoms with E-state index in [9.17, 15) is 0 Å². The summed E-state index contributed by atoms with van der Waals surface area (Å²) in [5, 5.41) is 3.42. The van der Waals surface area contributed by atoms with Gasteiger partial charge in [0, 0.05) is 38.9 Å². The zero-order valence-corrected chi connectivity index (χ0v) is 13.3. The van der Waals surface area contributed by atoms with E-state index in [-0.39, 0.29) is 24.8 Å². The van der Waals surface area contributed by atoms with Gasteiger partial charge in [0.05, 0.1) is 25.6 Å². The number of nitrogens with one attached hydrogen (secondary N) is 1. The van der Waals surface area contributed by atoms with E-state index in [0.29, 0.717) is 18.5 Å². The van der Waals surface area contributed by atoms with Gasteiger partial charge in [-0.05, 0) is 0 Å². The molecule has 1 aromatic heterocycles. The Labute approximate surface area is 131 Å². The van der Waals surface area contributed by atoms with Gasteiger partial charge in [-0.3, -0.25) is 0 Å². The Morgan fingerprint density at radius 3 is 2.85 bits per heavy atom. The number of pyridine rings is 1. The van der Waals surface area contributed by atoms with Gasteiger partial charge < -0.3 is 25.4 Å². The van der Waals surface area contributed by atoms with Crippen LogP contribution in [-0.4, -0.2) is 51.5 Å². The van der Waals surface area contributed by atoms with Gasteiger partial charge in [-0.1, -0.05) is 0 Å². The maximum atomic E-state index is 5.67. The summed E-state index contributed by atoms with van der Waals surface area (Å²) in [4.78, 5) is 6.38. The van der Waals surface area contributed by atoms with Crippen LogP contribution in [0.4, 0.5) is 11.5 Å². The van der Waals surface area contributed by atoms with Crippen molar-refractivity contribution in [2.75, 3.05) is 51.1 Å². The first-order chi connectivity index (χ1) is 8.74. The second kappa shape index (κ2) is 9.07. The largest absolute Gasteiger partial charge is 0.494 e. The topological polar surface area (TPSA) is 72.6 Å². The number of hydrogen-bond acceptors (Lipinski definition) is 6. The van der Waals surface area contributed by atoms with Gasteiger partial charge in [0.2, 0.25) is 0 Å². The molecular formula is C12H22Cl2N4O2. The van der Waals surface area contributed by atoms with Crippen LogP contribution in [0, 0.1) is 0 Å². The summed E-state index contributed by atoms with van der Waals surface area (Å²) in [6.45, 7) is 3.40. The molecule has 1 saturated heterocycles. The maximum absolute atomic E-state index is 5.67. The highest BCUT2D eigenvalue weighted by Gasteiger charge is 2.22. The number of aromatic nitrogens is 1. The smallest absolute Gasteiger partial charge is 0.147 e. The van der Waals surface area contributed by atoms with Crippen LogP contribution in [-0.2, 0) is 4.74 Å². The Morgan fingerprint density at radius 2 is 2.20 bits per heavy atom. The minimum atomic E-state index is 0. The van der Waals surface area contributed by atoms with Gasteiger partial charge in [0.1, 0.15) is 11.6 Å². The van der Waals surface area contributed by atoms with Crippen LogP contribution in [0.1, 0.15) is 0 Å². The highest BCUT2D eigenvalue weighted by Crippen LogP contribution is 2.29. The summed E-state index contributed by atoms with van der Waals surface area (Å²) in [5.41, 5.74) is 6.65. The normalized spacial score (nSPS) is 17.9. The number of ether oxygens (including phenoxy) is 2. The molecule has 0 amide bonds. The molecule has 6 nitrogen and oxygen atoms in total. The quantitative estimate of drug-likeness (QED) is 0.858. The van der Waals surface area contributed by atoms with Crippen molar-refractivity contribution < 1.29 is 9.47 Å². The van der Waals surface area contributed by atoms with Crippen molar-refractivity contribution in [2.24, 2.45) is 0 Å². The van der Waals surface area contributed by atoms with E-state index in [1.807, 2.05) is 0 Å². The van der Waals surface area contributed by atoms with Crippen molar-refractivity contribution in [3.63, 3.8) is 0 Å². The molecule has 0 bridgehead atoms. The van der Waals surface area contributed by atoms with Crippen molar-refractivity contribution in [3.8, 4) is 5.75 Å². The Kier molecular flexibility index (Phi) is 8.64. The van der Waals surface area contributed by atoms with Gasteiger partial charge in [-0.15, -0.1) is 24.8 Å². The van der Waals surface area contributed by atoms with Crippen LogP contribution < -0.4 is 20.7 Å². The van der Waals surface area contributed by atoms with E-state index >= 15 is 0 Å². The van der Waals surface area contributed by atoms with E-state index in [4.69, 9.17) is 15.2 Å². The molecule has 1 aliphatic rings. The molecule has 8 heteroatoms. The minimum Gasteiger partial charge on any atom is -0.494 e. The van der Waals surface area contributed by atoms with Crippen LogP contribution in [0.3, 0.4) is 0 Å². The summed E-state index contributed by atoms with van der Waals surface area (Å²) in [6.07, 6.45) is 1.77. The zero-order valence-electron chi connectivity index (χ0n) is 11.7. The lowest BCUT2D eigenvalue weighted by atomic mass is 10.2. The molecule has 116 valence electrons. The lowest BCUT2D eigenvalue weighted by Gasteiger charge is -2.35. The minimum absolute atomic E-state index is 0. The first-order valence-electron chi connectivity index (χ1n) is 6.01. The van der Waals surface area contributed by atoms with Crippen molar-refractivity contribution in [2.45, 2.75) is 6.04 Å². The number of rotatable bonds is 4. The average Bonchev–Trinajstić information content (AvgIpc) is 2.39. The average molecular weight is 325 g/mol. The van der Waals surface area contributed by atoms with Crippen LogP contribution in [0.15, 0.2) is 12.3 Å². The molecule has 1 aromatic rings. The first-order valence-corrected chi connectivity index (χ1v) is 6.01. The van der Waals surface area contributed by atoms with Crippen molar-refractivity contribution in [1.82, 2.24) is 10.3 Å². The van der Waals surface area contributed by atoms with E-state index in [0.717, 1.165) is 31.1 Å². The van der Waals surface area contributed by atoms with Crippen molar-refractivity contribution in [3.05, 3.63) is 12.3 Å². The van der Waals surface area contributed by atoms with Gasteiger partial charge in [0.15, 0.2) is 0 Å². The van der Waals surface area contributed by atoms with Gasteiger partial charge in [-0.25, -0.2) is 4.98 Å². The summed E-state index contributed by atoms with van der Waals surface area (Å²) in [6, 6.07) is 2.08. The lowest BCUT2D eigenvalue weighted by Crippen LogP contribution is -2.52. The molecule has 0 aromatic carbocycles. The number of anilines is 2. The van der Waals surface area contributed by atoms with Gasteiger partial charge in [-0.2, -0.15) is 0 Å². The summed E-state index contributed by atoms with van der Waals surface area (Å²) >= 11 is 0. The Hall–Kier alpha value is -0.950. The number of piperazine rings is 1. The second-order valence-corrected chi connectivity index (χ2v) is 4.33. The molecule has 2 rings (SSSR count). The van der Waals surface area contributed by atoms with Crippen molar-refractivity contribution in [1.29, 1.82) is 0 Å². The number of nitrogens with two attached hydrogens (primary N) is 1. The fraction of sp³-hybridized carbons (Fsp3) is 0.583. The maximum Gasteiger partial charge on any atom is 0.147 e. The number of hydrogen-bond donors (Lipinski definition) is 2. The Bertz CT molecular complexity index is 407. The van der Waals surface area contributed by atoms with Crippen LogP contribution >= 0.6 is 24.8 Å². The zero-order chi connectivity index (χ0) is 13.0. The Balaban J connectivity index is 0.00000180. The third kappa shape index (κ3) is 4.56. The molecule has 0 spiro atoms. The lowest BCUT2D eigenvalue weighted by molar-refractivity contribution is 0.163. The van der Waals surface area contributed by atoms with Crippen LogP contribution in [0.25, 0.3) is 0 Å². The SMILES string of the molecule is COC[C@H]1CN(c2cnc(N)cc2OC)CCN1.Cl.Cl. The molecule has 0 unspecified atom stereocenters. The van der Waals surface area contributed by atoms with E-state index < -0.39 is 0 Å². The molecule has 2 heterocycles. The predicted octanol–water partition coefficient (Wildman–Crippen LogP) is 0.941. The predicted molar refractivity (Wildman–Crippen MR) is 85.6 cm³/mol. The highest BCUT2D eigenvalue weighted by molar-refractivity contribution is 5.85. The monoisotopic (exact) mass is 324 g/mol. The molecule has 1 atom stereocenters.